The van der Waals surface area contributed by atoms with Crippen molar-refractivity contribution in [3.63, 3.8) is 0 Å². The highest BCUT2D eigenvalue weighted by atomic mass is 16.5. The van der Waals surface area contributed by atoms with Crippen LogP contribution in [0.25, 0.3) is 10.9 Å². The Morgan fingerprint density at radius 1 is 0.925 bits per heavy atom. The lowest BCUT2D eigenvalue weighted by atomic mass is 9.99. The van der Waals surface area contributed by atoms with Gasteiger partial charge in [-0.05, 0) is 59.2 Å². The number of aryl methyl sites for hydroxylation is 2. The fourth-order valence-electron chi connectivity index (χ4n) is 5.68. The summed E-state index contributed by atoms with van der Waals surface area (Å²) >= 11 is 0. The highest BCUT2D eigenvalue weighted by molar-refractivity contribution is 5.85. The van der Waals surface area contributed by atoms with Gasteiger partial charge in [-0.25, -0.2) is 4.68 Å². The second-order valence-corrected chi connectivity index (χ2v) is 10.3. The van der Waals surface area contributed by atoms with Crippen LogP contribution in [0.3, 0.4) is 0 Å². The molecule has 3 aromatic carbocycles. The number of pyridine rings is 1. The summed E-state index contributed by atoms with van der Waals surface area (Å²) in [6, 6.07) is 24.0. The maximum absolute atomic E-state index is 13.7. The predicted octanol–water partition coefficient (Wildman–Crippen LogP) is 4.10. The topological polar surface area (TPSA) is 92.2 Å². The lowest BCUT2D eigenvalue weighted by molar-refractivity contribution is 0.200. The van der Waals surface area contributed by atoms with Crippen LogP contribution in [-0.2, 0) is 6.54 Å². The van der Waals surface area contributed by atoms with Gasteiger partial charge in [0.2, 0.25) is 0 Å². The zero-order valence-electron chi connectivity index (χ0n) is 23.0. The third-order valence-electron chi connectivity index (χ3n) is 7.85. The number of nitrogens with one attached hydrogen (secondary N) is 1. The van der Waals surface area contributed by atoms with E-state index in [2.05, 4.69) is 61.5 Å². The normalized spacial score (nSPS) is 14.9. The van der Waals surface area contributed by atoms with E-state index in [1.165, 1.54) is 0 Å². The SMILES string of the molecule is COc1ccccc1N1CCN([C@@H](c2cc3c(C)ccc(C)c3[nH]c2=O)c2nnnn2Cc2ccccc2)CC1. The Balaban J connectivity index is 1.41. The number of ether oxygens (including phenoxy) is 1. The van der Waals surface area contributed by atoms with Crippen molar-refractivity contribution >= 4 is 16.6 Å². The second-order valence-electron chi connectivity index (χ2n) is 10.3. The van der Waals surface area contributed by atoms with Gasteiger partial charge in [0.05, 0.1) is 24.9 Å². The second kappa shape index (κ2) is 10.9. The lowest BCUT2D eigenvalue weighted by Crippen LogP contribution is -2.49. The monoisotopic (exact) mass is 535 g/mol. The maximum atomic E-state index is 13.7. The lowest BCUT2D eigenvalue weighted by Gasteiger charge is -2.40. The number of piperazine rings is 1. The van der Waals surface area contributed by atoms with Gasteiger partial charge < -0.3 is 14.6 Å². The molecule has 0 bridgehead atoms. The third-order valence-corrected chi connectivity index (χ3v) is 7.85. The molecule has 0 spiro atoms. The van der Waals surface area contributed by atoms with Crippen LogP contribution in [0.15, 0.2) is 77.6 Å². The van der Waals surface area contributed by atoms with Crippen molar-refractivity contribution in [2.75, 3.05) is 38.2 Å². The molecule has 0 saturated carbocycles. The average molecular weight is 536 g/mol. The first-order valence-corrected chi connectivity index (χ1v) is 13.6. The van der Waals surface area contributed by atoms with Crippen LogP contribution in [0, 0.1) is 13.8 Å². The van der Waals surface area contributed by atoms with E-state index >= 15 is 0 Å². The Morgan fingerprint density at radius 3 is 2.42 bits per heavy atom. The summed E-state index contributed by atoms with van der Waals surface area (Å²) in [4.78, 5) is 21.6. The van der Waals surface area contributed by atoms with Gasteiger partial charge in [-0.2, -0.15) is 0 Å². The number of hydrogen-bond acceptors (Lipinski definition) is 7. The van der Waals surface area contributed by atoms with E-state index in [1.54, 1.807) is 7.11 Å². The Morgan fingerprint density at radius 2 is 1.65 bits per heavy atom. The van der Waals surface area contributed by atoms with Crippen LogP contribution in [-0.4, -0.2) is 63.4 Å². The van der Waals surface area contributed by atoms with Crippen molar-refractivity contribution in [2.24, 2.45) is 0 Å². The van der Waals surface area contributed by atoms with Gasteiger partial charge in [0.15, 0.2) is 5.82 Å². The van der Waals surface area contributed by atoms with Crippen LogP contribution >= 0.6 is 0 Å². The molecule has 9 heteroatoms. The van der Waals surface area contributed by atoms with E-state index in [4.69, 9.17) is 4.74 Å². The number of para-hydroxylation sites is 2. The standard InChI is InChI=1S/C31H33N7O2/c1-21-13-14-22(2)28-24(21)19-25(31(39)32-28)29(30-33-34-35-38(30)20-23-9-5-4-6-10-23)37-17-15-36(16-18-37)26-11-7-8-12-27(26)40-3/h4-14,19,29H,15-18,20H2,1-3H3,(H,32,39)/t29-/m0/s1. The number of rotatable bonds is 7. The molecule has 1 aliphatic rings. The number of anilines is 1. The minimum Gasteiger partial charge on any atom is -0.495 e. The number of hydrogen-bond donors (Lipinski definition) is 1. The summed E-state index contributed by atoms with van der Waals surface area (Å²) in [5, 5.41) is 14.0. The first kappa shape index (κ1) is 25.8. The molecular weight excluding hydrogens is 502 g/mol. The fourth-order valence-corrected chi connectivity index (χ4v) is 5.68. The van der Waals surface area contributed by atoms with E-state index in [1.807, 2.05) is 60.1 Å². The van der Waals surface area contributed by atoms with Crippen molar-refractivity contribution in [3.05, 3.63) is 111 Å². The minimum absolute atomic E-state index is 0.118. The highest BCUT2D eigenvalue weighted by Crippen LogP contribution is 2.32. The Kier molecular flexibility index (Phi) is 7.04. The molecule has 1 N–H and O–H groups in total. The number of aromatic nitrogens is 5. The summed E-state index contributed by atoms with van der Waals surface area (Å²) in [6.07, 6.45) is 0. The first-order chi connectivity index (χ1) is 19.5. The van der Waals surface area contributed by atoms with E-state index in [-0.39, 0.29) is 5.56 Å². The molecule has 0 radical (unpaired) electrons. The van der Waals surface area contributed by atoms with Crippen LogP contribution in [0.5, 0.6) is 5.75 Å². The Labute approximate surface area is 233 Å². The van der Waals surface area contributed by atoms with Crippen molar-refractivity contribution in [1.82, 2.24) is 30.1 Å². The largest absolute Gasteiger partial charge is 0.495 e. The maximum Gasteiger partial charge on any atom is 0.253 e. The van der Waals surface area contributed by atoms with Gasteiger partial charge >= 0.3 is 0 Å². The van der Waals surface area contributed by atoms with Crippen molar-refractivity contribution in [3.8, 4) is 5.75 Å². The number of nitrogens with zero attached hydrogens (tertiary/aromatic N) is 6. The smallest absolute Gasteiger partial charge is 0.253 e. The van der Waals surface area contributed by atoms with Gasteiger partial charge in [0.1, 0.15) is 11.8 Å². The van der Waals surface area contributed by atoms with Crippen molar-refractivity contribution in [2.45, 2.75) is 26.4 Å². The van der Waals surface area contributed by atoms with Crippen LogP contribution in [0.2, 0.25) is 0 Å². The molecule has 6 rings (SSSR count). The first-order valence-electron chi connectivity index (χ1n) is 13.6. The molecular formula is C31H33N7O2. The fraction of sp³-hybridized carbons (Fsp3) is 0.290. The molecule has 1 fully saturated rings. The molecule has 1 atom stereocenters. The van der Waals surface area contributed by atoms with E-state index in [0.717, 1.165) is 65.2 Å². The molecule has 0 amide bonds. The molecule has 1 saturated heterocycles. The number of H-pyrrole nitrogens is 1. The number of benzene rings is 3. The quantitative estimate of drug-likeness (QED) is 0.336. The number of methoxy groups -OCH3 is 1. The van der Waals surface area contributed by atoms with Gasteiger partial charge in [-0.15, -0.1) is 5.10 Å². The molecule has 3 heterocycles. The van der Waals surface area contributed by atoms with E-state index < -0.39 is 6.04 Å². The molecule has 9 nitrogen and oxygen atoms in total. The number of aromatic amines is 1. The molecule has 0 unspecified atom stereocenters. The van der Waals surface area contributed by atoms with Crippen LogP contribution < -0.4 is 15.2 Å². The van der Waals surface area contributed by atoms with Crippen molar-refractivity contribution < 1.29 is 4.74 Å². The molecule has 1 aliphatic heterocycles. The third kappa shape index (κ3) is 4.84. The number of fused-ring (bicyclic) bond motifs is 1. The Bertz CT molecular complexity index is 1690. The summed E-state index contributed by atoms with van der Waals surface area (Å²) in [6.45, 7) is 7.62. The van der Waals surface area contributed by atoms with Gasteiger partial charge in [-0.3, -0.25) is 9.69 Å². The van der Waals surface area contributed by atoms with Gasteiger partial charge in [0, 0.05) is 37.1 Å². The zero-order valence-corrected chi connectivity index (χ0v) is 23.0. The Hall–Kier alpha value is -4.50. The zero-order chi connectivity index (χ0) is 27.6. The van der Waals surface area contributed by atoms with E-state index in [9.17, 15) is 4.79 Å². The molecule has 204 valence electrons. The van der Waals surface area contributed by atoms with Crippen LogP contribution in [0.4, 0.5) is 5.69 Å². The molecule has 40 heavy (non-hydrogen) atoms. The summed E-state index contributed by atoms with van der Waals surface area (Å²) in [5.74, 6) is 1.51. The predicted molar refractivity (Wildman–Crippen MR) is 156 cm³/mol. The summed E-state index contributed by atoms with van der Waals surface area (Å²) in [7, 11) is 1.70. The average Bonchev–Trinajstić information content (AvgIpc) is 3.44. The molecule has 5 aromatic rings. The summed E-state index contributed by atoms with van der Waals surface area (Å²) < 4.78 is 7.44. The highest BCUT2D eigenvalue weighted by Gasteiger charge is 2.33. The van der Waals surface area contributed by atoms with Crippen LogP contribution in [0.1, 0.15) is 34.1 Å². The minimum atomic E-state index is -0.411. The van der Waals surface area contributed by atoms with E-state index in [0.29, 0.717) is 17.9 Å². The number of tetrazole rings is 1. The molecule has 2 aromatic heterocycles. The van der Waals surface area contributed by atoms with Gasteiger partial charge in [-0.1, -0.05) is 54.6 Å². The van der Waals surface area contributed by atoms with Gasteiger partial charge in [0.25, 0.3) is 5.56 Å². The molecule has 0 aliphatic carbocycles. The van der Waals surface area contributed by atoms with Crippen molar-refractivity contribution in [1.29, 1.82) is 0 Å². The summed E-state index contributed by atoms with van der Waals surface area (Å²) in [5.41, 5.74) is 5.72.